The summed E-state index contributed by atoms with van der Waals surface area (Å²) in [5.74, 6) is -2.17. The minimum atomic E-state index is -0.966. The van der Waals surface area contributed by atoms with Crippen LogP contribution in [-0.2, 0) is 16.0 Å². The Bertz CT molecular complexity index is 491. The Morgan fingerprint density at radius 3 is 2.60 bits per heavy atom. The molecule has 110 valence electrons. The molecule has 0 radical (unpaired) electrons. The number of rotatable bonds is 7. The normalized spacial score (nSPS) is 10.3. The first-order valence-electron chi connectivity index (χ1n) is 6.30. The van der Waals surface area contributed by atoms with Gasteiger partial charge in [-0.05, 0) is 36.6 Å². The van der Waals surface area contributed by atoms with Crippen molar-refractivity contribution >= 4 is 11.9 Å². The Morgan fingerprint density at radius 1 is 1.25 bits per heavy atom. The van der Waals surface area contributed by atoms with E-state index in [0.29, 0.717) is 6.42 Å². The molecule has 0 aliphatic rings. The van der Waals surface area contributed by atoms with E-state index in [4.69, 9.17) is 5.11 Å². The summed E-state index contributed by atoms with van der Waals surface area (Å²) in [7, 11) is 1.52. The van der Waals surface area contributed by atoms with Crippen molar-refractivity contribution in [2.45, 2.75) is 25.7 Å². The highest BCUT2D eigenvalue weighted by Crippen LogP contribution is 2.13. The van der Waals surface area contributed by atoms with E-state index in [1.165, 1.54) is 11.9 Å². The zero-order chi connectivity index (χ0) is 15.1. The third-order valence-electron chi connectivity index (χ3n) is 2.93. The van der Waals surface area contributed by atoms with Gasteiger partial charge in [-0.1, -0.05) is 0 Å². The van der Waals surface area contributed by atoms with Gasteiger partial charge in [0.1, 0.15) is 11.6 Å². The third-order valence-corrected chi connectivity index (χ3v) is 2.93. The Hall–Kier alpha value is -1.98. The number of hydrogen-bond acceptors (Lipinski definition) is 2. The lowest BCUT2D eigenvalue weighted by Gasteiger charge is -2.15. The molecule has 0 saturated heterocycles. The van der Waals surface area contributed by atoms with Crippen LogP contribution in [0.25, 0.3) is 0 Å². The molecule has 0 spiro atoms. The molecule has 1 aromatic carbocycles. The van der Waals surface area contributed by atoms with E-state index in [9.17, 15) is 18.4 Å². The van der Waals surface area contributed by atoms with Crippen LogP contribution in [0.15, 0.2) is 18.2 Å². The first-order valence-corrected chi connectivity index (χ1v) is 6.30. The summed E-state index contributed by atoms with van der Waals surface area (Å²) >= 11 is 0. The van der Waals surface area contributed by atoms with Crippen LogP contribution in [0.5, 0.6) is 0 Å². The Labute approximate surface area is 116 Å². The first-order chi connectivity index (χ1) is 9.40. The van der Waals surface area contributed by atoms with Gasteiger partial charge in [-0.15, -0.1) is 0 Å². The smallest absolute Gasteiger partial charge is 0.305 e. The monoisotopic (exact) mass is 285 g/mol. The molecule has 4 nitrogen and oxygen atoms in total. The van der Waals surface area contributed by atoms with Gasteiger partial charge in [0.25, 0.3) is 0 Å². The van der Waals surface area contributed by atoms with Crippen molar-refractivity contribution < 1.29 is 23.5 Å². The molecule has 20 heavy (non-hydrogen) atoms. The van der Waals surface area contributed by atoms with Crippen molar-refractivity contribution in [3.05, 3.63) is 35.4 Å². The number of carbonyl (C=O) groups excluding carboxylic acids is 1. The second-order valence-corrected chi connectivity index (χ2v) is 4.55. The number of aryl methyl sites for hydroxylation is 1. The first kappa shape index (κ1) is 16.1. The SMILES string of the molecule is CN(CCC(=O)O)C(=O)CCCc1cc(F)ccc1F. The second-order valence-electron chi connectivity index (χ2n) is 4.55. The highest BCUT2D eigenvalue weighted by molar-refractivity contribution is 5.76. The molecule has 0 fully saturated rings. The molecule has 6 heteroatoms. The van der Waals surface area contributed by atoms with Crippen LogP contribution >= 0.6 is 0 Å². The summed E-state index contributed by atoms with van der Waals surface area (Å²) in [5.41, 5.74) is 0.242. The minimum Gasteiger partial charge on any atom is -0.481 e. The fraction of sp³-hybridized carbons (Fsp3) is 0.429. The largest absolute Gasteiger partial charge is 0.481 e. The van der Waals surface area contributed by atoms with E-state index in [1.807, 2.05) is 0 Å². The van der Waals surface area contributed by atoms with Crippen molar-refractivity contribution in [3.63, 3.8) is 0 Å². The molecule has 0 aliphatic carbocycles. The summed E-state index contributed by atoms with van der Waals surface area (Å²) in [6.07, 6.45) is 0.714. The summed E-state index contributed by atoms with van der Waals surface area (Å²) in [6.45, 7) is 0.141. The lowest BCUT2D eigenvalue weighted by Crippen LogP contribution is -2.28. The quantitative estimate of drug-likeness (QED) is 0.835. The molecule has 1 amide bonds. The maximum absolute atomic E-state index is 13.3. The molecule has 0 atom stereocenters. The average molecular weight is 285 g/mol. The number of carboxylic acids is 1. The highest BCUT2D eigenvalue weighted by Gasteiger charge is 2.11. The molecule has 0 heterocycles. The van der Waals surface area contributed by atoms with Crippen molar-refractivity contribution in [1.29, 1.82) is 0 Å². The summed E-state index contributed by atoms with van der Waals surface area (Å²) in [6, 6.07) is 3.23. The molecule has 0 bridgehead atoms. The van der Waals surface area contributed by atoms with Crippen molar-refractivity contribution in [1.82, 2.24) is 4.90 Å². The number of carboxylic acid groups (broad SMARTS) is 1. The topological polar surface area (TPSA) is 57.6 Å². The lowest BCUT2D eigenvalue weighted by atomic mass is 10.1. The lowest BCUT2D eigenvalue weighted by molar-refractivity contribution is -0.138. The van der Waals surface area contributed by atoms with Crippen LogP contribution in [0.1, 0.15) is 24.8 Å². The van der Waals surface area contributed by atoms with Gasteiger partial charge in [-0.25, -0.2) is 8.78 Å². The van der Waals surface area contributed by atoms with Crippen LogP contribution in [-0.4, -0.2) is 35.5 Å². The highest BCUT2D eigenvalue weighted by atomic mass is 19.1. The zero-order valence-corrected chi connectivity index (χ0v) is 11.2. The van der Waals surface area contributed by atoms with Crippen LogP contribution in [0.2, 0.25) is 0 Å². The van der Waals surface area contributed by atoms with Crippen LogP contribution in [0.4, 0.5) is 8.78 Å². The second kappa shape index (κ2) is 7.57. The maximum Gasteiger partial charge on any atom is 0.305 e. The van der Waals surface area contributed by atoms with Gasteiger partial charge in [-0.3, -0.25) is 9.59 Å². The molecular formula is C14H17F2NO3. The van der Waals surface area contributed by atoms with E-state index in [-0.39, 0.29) is 37.3 Å². The summed E-state index contributed by atoms with van der Waals surface area (Å²) < 4.78 is 26.3. The van der Waals surface area contributed by atoms with Crippen molar-refractivity contribution in [2.24, 2.45) is 0 Å². The van der Waals surface area contributed by atoms with Crippen LogP contribution in [0, 0.1) is 11.6 Å². The maximum atomic E-state index is 13.3. The Kier molecular flexibility index (Phi) is 6.09. The Balaban J connectivity index is 2.38. The number of carbonyl (C=O) groups is 2. The van der Waals surface area contributed by atoms with E-state index >= 15 is 0 Å². The number of aliphatic carboxylic acids is 1. The molecule has 0 saturated carbocycles. The Morgan fingerprint density at radius 2 is 1.95 bits per heavy atom. The van der Waals surface area contributed by atoms with Gasteiger partial charge in [0.05, 0.1) is 6.42 Å². The molecule has 0 aromatic heterocycles. The number of hydrogen-bond donors (Lipinski definition) is 1. The molecule has 0 aliphatic heterocycles. The van der Waals surface area contributed by atoms with Crippen molar-refractivity contribution in [3.8, 4) is 0 Å². The van der Waals surface area contributed by atoms with Gasteiger partial charge >= 0.3 is 5.97 Å². The third kappa shape index (κ3) is 5.34. The molecule has 1 rings (SSSR count). The number of halogens is 2. The number of amides is 1. The number of benzene rings is 1. The fourth-order valence-electron chi connectivity index (χ4n) is 1.74. The predicted octanol–water partition coefficient (Wildman–Crippen LogP) is 2.22. The minimum absolute atomic E-state index is 0.110. The van der Waals surface area contributed by atoms with Gasteiger partial charge in [-0.2, -0.15) is 0 Å². The zero-order valence-electron chi connectivity index (χ0n) is 11.2. The molecular weight excluding hydrogens is 268 g/mol. The number of nitrogens with zero attached hydrogens (tertiary/aromatic N) is 1. The van der Waals surface area contributed by atoms with Gasteiger partial charge in [0.2, 0.25) is 5.91 Å². The summed E-state index contributed by atoms with van der Waals surface area (Å²) in [4.78, 5) is 23.4. The fourth-order valence-corrected chi connectivity index (χ4v) is 1.74. The van der Waals surface area contributed by atoms with Gasteiger partial charge in [0.15, 0.2) is 0 Å². The average Bonchev–Trinajstić information content (AvgIpc) is 2.39. The molecule has 1 aromatic rings. The van der Waals surface area contributed by atoms with Crippen LogP contribution < -0.4 is 0 Å². The molecule has 1 N–H and O–H groups in total. The molecule has 0 unspecified atom stereocenters. The van der Waals surface area contributed by atoms with Gasteiger partial charge in [0, 0.05) is 20.0 Å². The van der Waals surface area contributed by atoms with Gasteiger partial charge < -0.3 is 10.0 Å². The van der Waals surface area contributed by atoms with E-state index in [2.05, 4.69) is 0 Å². The van der Waals surface area contributed by atoms with E-state index < -0.39 is 17.6 Å². The standard InChI is InChI=1S/C14H17F2NO3/c1-17(8-7-14(19)20)13(18)4-2-3-10-9-11(15)5-6-12(10)16/h5-6,9H,2-4,7-8H2,1H3,(H,19,20). The summed E-state index contributed by atoms with van der Waals surface area (Å²) in [5, 5.41) is 8.51. The van der Waals surface area contributed by atoms with Crippen molar-refractivity contribution in [2.75, 3.05) is 13.6 Å². The van der Waals surface area contributed by atoms with Crippen LogP contribution in [0.3, 0.4) is 0 Å². The predicted molar refractivity (Wildman–Crippen MR) is 69.2 cm³/mol. The van der Waals surface area contributed by atoms with E-state index in [0.717, 1.165) is 18.2 Å². The van der Waals surface area contributed by atoms with E-state index in [1.54, 1.807) is 0 Å².